The molecule has 0 saturated carbocycles. The minimum absolute atomic E-state index is 0.00386. The molecule has 1 aromatic rings. The van der Waals surface area contributed by atoms with E-state index in [0.29, 0.717) is 5.56 Å². The van der Waals surface area contributed by atoms with E-state index in [4.69, 9.17) is 0 Å². The summed E-state index contributed by atoms with van der Waals surface area (Å²) in [6, 6.07) is 7.12. The van der Waals surface area contributed by atoms with E-state index >= 15 is 0 Å². The molecular formula is C14H17F3. The van der Waals surface area contributed by atoms with Crippen LogP contribution in [0.4, 0.5) is 13.2 Å². The van der Waals surface area contributed by atoms with Crippen LogP contribution in [0.15, 0.2) is 30.8 Å². The lowest BCUT2D eigenvalue weighted by Crippen LogP contribution is -2.11. The zero-order valence-electron chi connectivity index (χ0n) is 10.4. The van der Waals surface area contributed by atoms with Crippen LogP contribution < -0.4 is 0 Å². The lowest BCUT2D eigenvalue weighted by Gasteiger charge is -2.19. The summed E-state index contributed by atoms with van der Waals surface area (Å²) < 4.78 is 36.6. The summed E-state index contributed by atoms with van der Waals surface area (Å²) in [6.07, 6.45) is -5.15. The van der Waals surface area contributed by atoms with Crippen molar-refractivity contribution in [2.75, 3.05) is 0 Å². The summed E-state index contributed by atoms with van der Waals surface area (Å²) in [5.41, 5.74) is 1.76. The van der Waals surface area contributed by atoms with Gasteiger partial charge < -0.3 is 0 Å². The first-order chi connectivity index (χ1) is 7.59. The molecule has 0 fully saturated rings. The van der Waals surface area contributed by atoms with Crippen LogP contribution in [-0.2, 0) is 5.41 Å². The Morgan fingerprint density at radius 2 is 1.53 bits per heavy atom. The quantitative estimate of drug-likeness (QED) is 0.688. The Balaban J connectivity index is 2.85. The number of hydrogen-bond acceptors (Lipinski definition) is 0. The van der Waals surface area contributed by atoms with E-state index in [1.807, 2.05) is 12.1 Å². The molecule has 0 heterocycles. The van der Waals surface area contributed by atoms with Gasteiger partial charge in [-0.2, -0.15) is 13.2 Å². The zero-order chi connectivity index (χ0) is 13.3. The molecule has 0 aromatic heterocycles. The molecular weight excluding hydrogens is 225 g/mol. The predicted molar refractivity (Wildman–Crippen MR) is 64.8 cm³/mol. The maximum absolute atomic E-state index is 12.2. The van der Waals surface area contributed by atoms with Gasteiger partial charge in [0.15, 0.2) is 0 Å². The van der Waals surface area contributed by atoms with E-state index in [-0.39, 0.29) is 11.0 Å². The van der Waals surface area contributed by atoms with Crippen LogP contribution in [0.25, 0.3) is 5.57 Å². The normalized spacial score (nSPS) is 12.6. The molecule has 0 bridgehead atoms. The summed E-state index contributed by atoms with van der Waals surface area (Å²) in [5.74, 6) is 0. The first-order valence-electron chi connectivity index (χ1n) is 5.45. The third kappa shape index (κ3) is 4.25. The van der Waals surface area contributed by atoms with Crippen molar-refractivity contribution in [2.24, 2.45) is 0 Å². The highest BCUT2D eigenvalue weighted by molar-refractivity contribution is 5.64. The van der Waals surface area contributed by atoms with Crippen molar-refractivity contribution in [1.82, 2.24) is 0 Å². The molecule has 0 aliphatic heterocycles. The molecule has 0 amide bonds. The molecule has 3 heteroatoms. The maximum atomic E-state index is 12.2. The highest BCUT2D eigenvalue weighted by Gasteiger charge is 2.28. The van der Waals surface area contributed by atoms with E-state index in [2.05, 4.69) is 27.4 Å². The van der Waals surface area contributed by atoms with Crippen LogP contribution in [0.5, 0.6) is 0 Å². The molecule has 0 unspecified atom stereocenters. The fourth-order valence-corrected chi connectivity index (χ4v) is 1.55. The lowest BCUT2D eigenvalue weighted by molar-refractivity contribution is -0.122. The Labute approximate surface area is 100 Å². The minimum atomic E-state index is -4.19. The van der Waals surface area contributed by atoms with Crippen LogP contribution in [0, 0.1) is 0 Å². The summed E-state index contributed by atoms with van der Waals surface area (Å²) in [7, 11) is 0. The van der Waals surface area contributed by atoms with Crippen LogP contribution in [0.1, 0.15) is 38.3 Å². The van der Waals surface area contributed by atoms with Gasteiger partial charge in [-0.15, -0.1) is 0 Å². The van der Waals surface area contributed by atoms with Gasteiger partial charge in [0.25, 0.3) is 0 Å². The number of benzene rings is 1. The first kappa shape index (κ1) is 13.8. The second kappa shape index (κ2) is 4.55. The number of rotatable bonds is 2. The van der Waals surface area contributed by atoms with Gasteiger partial charge in [-0.25, -0.2) is 0 Å². The van der Waals surface area contributed by atoms with Gasteiger partial charge in [0, 0.05) is 0 Å². The Morgan fingerprint density at radius 3 is 1.88 bits per heavy atom. The molecule has 1 aromatic carbocycles. The van der Waals surface area contributed by atoms with Crippen molar-refractivity contribution in [3.05, 3.63) is 42.0 Å². The Morgan fingerprint density at radius 1 is 1.06 bits per heavy atom. The van der Waals surface area contributed by atoms with Crippen LogP contribution >= 0.6 is 0 Å². The Kier molecular flexibility index (Phi) is 3.70. The average Bonchev–Trinajstić information content (AvgIpc) is 2.14. The summed E-state index contributed by atoms with van der Waals surface area (Å²) in [5, 5.41) is 0. The lowest BCUT2D eigenvalue weighted by atomic mass is 9.86. The van der Waals surface area contributed by atoms with Crippen molar-refractivity contribution >= 4 is 5.57 Å². The third-order valence-corrected chi connectivity index (χ3v) is 2.57. The number of allylic oxidation sites excluding steroid dienone is 1. The molecule has 0 aliphatic carbocycles. The maximum Gasteiger partial charge on any atom is 0.393 e. The SMILES string of the molecule is C=C(CC(F)(F)F)c1ccc(C(C)(C)C)cc1. The molecule has 17 heavy (non-hydrogen) atoms. The van der Waals surface area contributed by atoms with E-state index in [9.17, 15) is 13.2 Å². The van der Waals surface area contributed by atoms with Crippen molar-refractivity contribution < 1.29 is 13.2 Å². The summed E-state index contributed by atoms with van der Waals surface area (Å²) in [4.78, 5) is 0. The highest BCUT2D eigenvalue weighted by atomic mass is 19.4. The fourth-order valence-electron chi connectivity index (χ4n) is 1.55. The van der Waals surface area contributed by atoms with E-state index in [1.54, 1.807) is 12.1 Å². The van der Waals surface area contributed by atoms with Crippen molar-refractivity contribution in [2.45, 2.75) is 38.8 Å². The zero-order valence-corrected chi connectivity index (χ0v) is 10.4. The average molecular weight is 242 g/mol. The summed E-state index contributed by atoms with van der Waals surface area (Å²) >= 11 is 0. The van der Waals surface area contributed by atoms with Gasteiger partial charge in [-0.3, -0.25) is 0 Å². The van der Waals surface area contributed by atoms with Crippen LogP contribution in [0.2, 0.25) is 0 Å². The fraction of sp³-hybridized carbons (Fsp3) is 0.429. The minimum Gasteiger partial charge on any atom is -0.171 e. The van der Waals surface area contributed by atoms with Gasteiger partial charge in [0.2, 0.25) is 0 Å². The van der Waals surface area contributed by atoms with Crippen molar-refractivity contribution in [3.63, 3.8) is 0 Å². The van der Waals surface area contributed by atoms with Gasteiger partial charge in [-0.1, -0.05) is 51.6 Å². The smallest absolute Gasteiger partial charge is 0.171 e. The Hall–Kier alpha value is -1.25. The van der Waals surface area contributed by atoms with Crippen LogP contribution in [0.3, 0.4) is 0 Å². The van der Waals surface area contributed by atoms with Crippen LogP contribution in [-0.4, -0.2) is 6.18 Å². The third-order valence-electron chi connectivity index (χ3n) is 2.57. The second-order valence-electron chi connectivity index (χ2n) is 5.22. The van der Waals surface area contributed by atoms with E-state index < -0.39 is 12.6 Å². The number of halogens is 3. The Bertz CT molecular complexity index is 391. The topological polar surface area (TPSA) is 0 Å². The van der Waals surface area contributed by atoms with E-state index in [1.165, 1.54) is 0 Å². The van der Waals surface area contributed by atoms with Crippen molar-refractivity contribution in [3.8, 4) is 0 Å². The standard InChI is InChI=1S/C14H17F3/c1-10(9-14(15,16)17)11-5-7-12(8-6-11)13(2,3)4/h5-8H,1,9H2,2-4H3. The second-order valence-corrected chi connectivity index (χ2v) is 5.22. The first-order valence-corrected chi connectivity index (χ1v) is 5.45. The molecule has 0 spiro atoms. The molecule has 0 N–H and O–H groups in total. The predicted octanol–water partition coefficient (Wildman–Crippen LogP) is 4.95. The molecule has 94 valence electrons. The molecule has 0 saturated heterocycles. The van der Waals surface area contributed by atoms with Gasteiger partial charge in [0.1, 0.15) is 0 Å². The molecule has 0 nitrogen and oxygen atoms in total. The van der Waals surface area contributed by atoms with E-state index in [0.717, 1.165) is 5.56 Å². The van der Waals surface area contributed by atoms with Crippen molar-refractivity contribution in [1.29, 1.82) is 0 Å². The number of hydrogen-bond donors (Lipinski definition) is 0. The van der Waals surface area contributed by atoms with Gasteiger partial charge >= 0.3 is 6.18 Å². The molecule has 0 radical (unpaired) electrons. The summed E-state index contributed by atoms with van der Waals surface area (Å²) in [6.45, 7) is 9.67. The largest absolute Gasteiger partial charge is 0.393 e. The number of alkyl halides is 3. The molecule has 0 aliphatic rings. The van der Waals surface area contributed by atoms with Gasteiger partial charge in [0.05, 0.1) is 6.42 Å². The monoisotopic (exact) mass is 242 g/mol. The van der Waals surface area contributed by atoms with Gasteiger partial charge in [-0.05, 0) is 22.1 Å². The molecule has 0 atom stereocenters. The molecule has 1 rings (SSSR count). The highest BCUT2D eigenvalue weighted by Crippen LogP contribution is 2.30.